The summed E-state index contributed by atoms with van der Waals surface area (Å²) in [5.74, 6) is -5.59. The lowest BCUT2D eigenvalue weighted by atomic mass is 9.96. The third-order valence-electron chi connectivity index (χ3n) is 6.89. The molecule has 0 bridgehead atoms. The molecule has 47 heavy (non-hydrogen) atoms. The smallest absolute Gasteiger partial charge is 0.347 e. The minimum atomic E-state index is -4.98. The van der Waals surface area contributed by atoms with E-state index in [-0.39, 0.29) is 45.8 Å². The fourth-order valence-corrected chi connectivity index (χ4v) is 5.04. The number of amides is 2. The molecule has 0 saturated carbocycles. The van der Waals surface area contributed by atoms with Gasteiger partial charge in [-0.25, -0.2) is 8.78 Å². The Morgan fingerprint density at radius 2 is 1.60 bits per heavy atom. The normalized spacial score (nSPS) is 12.5. The molecule has 0 aliphatic heterocycles. The molecule has 248 valence electrons. The molecule has 0 radical (unpaired) electrons. The van der Waals surface area contributed by atoms with E-state index in [1.165, 1.54) is 24.5 Å². The number of nitrogens with one attached hydrogen (secondary N) is 2. The molecule has 1 atom stereocenters. The highest BCUT2D eigenvalue weighted by Crippen LogP contribution is 2.38. The average molecular weight is 687 g/mol. The molecule has 0 saturated heterocycles. The van der Waals surface area contributed by atoms with E-state index in [9.17, 15) is 49.5 Å². The lowest BCUT2D eigenvalue weighted by molar-refractivity contribution is -0.141. The molecule has 0 aliphatic rings. The van der Waals surface area contributed by atoms with Gasteiger partial charge in [0, 0.05) is 34.9 Å². The first-order valence-electron chi connectivity index (χ1n) is 13.5. The van der Waals surface area contributed by atoms with Crippen LogP contribution in [0.1, 0.15) is 68.7 Å². The second kappa shape index (κ2) is 13.5. The third kappa shape index (κ3) is 8.33. The molecule has 7 nitrogen and oxygen atoms in total. The van der Waals surface area contributed by atoms with Gasteiger partial charge in [0.15, 0.2) is 0 Å². The Morgan fingerprint density at radius 1 is 0.894 bits per heavy atom. The van der Waals surface area contributed by atoms with Crippen LogP contribution >= 0.6 is 11.6 Å². The number of anilines is 1. The number of hydrogen-bond donors (Lipinski definition) is 2. The zero-order chi connectivity index (χ0) is 34.8. The second-order valence-electron chi connectivity index (χ2n) is 10.4. The van der Waals surface area contributed by atoms with Crippen LogP contribution in [0, 0.1) is 11.6 Å². The number of hydrogen-bond acceptors (Lipinski definition) is 4. The maximum atomic E-state index is 14.3. The van der Waals surface area contributed by atoms with E-state index in [2.05, 4.69) is 15.6 Å². The molecule has 2 amide bonds. The standard InChI is InChI=1S/C31H23ClF8N4O3/c1-15(45)14-44-25(29(47)42-13-17-3-6-26(41-12-17)31(38,39)40)11-24(27(44)16(2)22-10-20(33)4-5-23(22)32)43-28(46)18-7-19(30(35,36)37)9-21(34)8-18/h3-12,16H,13-14H2,1-2H3,(H,42,47)(H,43,46)/t16-/m1/s1. The minimum absolute atomic E-state index is 0.00912. The number of alkyl halides is 6. The Hall–Kier alpha value is -4.79. The lowest BCUT2D eigenvalue weighted by Gasteiger charge is -2.20. The van der Waals surface area contributed by atoms with Crippen molar-refractivity contribution in [3.8, 4) is 0 Å². The highest BCUT2D eigenvalue weighted by atomic mass is 35.5. The SMILES string of the molecule is CC(=O)Cn1c(C(=O)NCc2ccc(C(F)(F)F)nc2)cc(NC(=O)c2cc(F)cc(C(F)(F)F)c2)c1[C@H](C)c1cc(F)ccc1Cl. The van der Waals surface area contributed by atoms with Crippen LogP contribution in [0.5, 0.6) is 0 Å². The zero-order valence-electron chi connectivity index (χ0n) is 24.3. The second-order valence-corrected chi connectivity index (χ2v) is 10.8. The summed E-state index contributed by atoms with van der Waals surface area (Å²) >= 11 is 6.32. The van der Waals surface area contributed by atoms with Crippen molar-refractivity contribution in [2.45, 2.75) is 45.2 Å². The van der Waals surface area contributed by atoms with Crippen LogP contribution < -0.4 is 10.6 Å². The van der Waals surface area contributed by atoms with Crippen LogP contribution in [0.3, 0.4) is 0 Å². The van der Waals surface area contributed by atoms with Gasteiger partial charge in [-0.2, -0.15) is 26.3 Å². The van der Waals surface area contributed by atoms with E-state index >= 15 is 0 Å². The van der Waals surface area contributed by atoms with E-state index < -0.39 is 70.9 Å². The zero-order valence-corrected chi connectivity index (χ0v) is 25.0. The summed E-state index contributed by atoms with van der Waals surface area (Å²) in [6.07, 6.45) is -8.77. The fourth-order valence-electron chi connectivity index (χ4n) is 4.75. The number of pyridine rings is 1. The van der Waals surface area contributed by atoms with Gasteiger partial charge in [0.2, 0.25) is 0 Å². The number of Topliss-reactive ketones (excluding diaryl/α,β-unsaturated/α-hetero) is 1. The van der Waals surface area contributed by atoms with E-state index in [1.807, 2.05) is 0 Å². The Labute approximate surface area is 266 Å². The number of rotatable bonds is 9. The number of aromatic nitrogens is 2. The van der Waals surface area contributed by atoms with E-state index in [0.717, 1.165) is 30.5 Å². The summed E-state index contributed by atoms with van der Waals surface area (Å²) in [4.78, 5) is 42.3. The van der Waals surface area contributed by atoms with Crippen LogP contribution in [-0.4, -0.2) is 27.1 Å². The number of ketones is 1. The number of nitrogens with zero attached hydrogens (tertiary/aromatic N) is 2. The Kier molecular flexibility index (Phi) is 10.1. The average Bonchev–Trinajstić information content (AvgIpc) is 3.32. The van der Waals surface area contributed by atoms with Gasteiger partial charge in [0.05, 0.1) is 17.8 Å². The number of carbonyl (C=O) groups is 3. The van der Waals surface area contributed by atoms with Crippen molar-refractivity contribution < 1.29 is 49.5 Å². The summed E-state index contributed by atoms with van der Waals surface area (Å²) in [5, 5.41) is 4.90. The van der Waals surface area contributed by atoms with E-state index in [4.69, 9.17) is 11.6 Å². The summed E-state index contributed by atoms with van der Waals surface area (Å²) in [6.45, 7) is 1.89. The molecule has 4 rings (SSSR count). The van der Waals surface area contributed by atoms with Crippen LogP contribution in [0.2, 0.25) is 5.02 Å². The summed E-state index contributed by atoms with van der Waals surface area (Å²) in [7, 11) is 0. The molecule has 2 heterocycles. The maximum Gasteiger partial charge on any atom is 0.433 e. The molecule has 0 fully saturated rings. The predicted octanol–water partition coefficient (Wildman–Crippen LogP) is 7.78. The molecule has 2 aromatic heterocycles. The minimum Gasteiger partial charge on any atom is -0.347 e. The van der Waals surface area contributed by atoms with Gasteiger partial charge in [0.25, 0.3) is 11.8 Å². The van der Waals surface area contributed by atoms with Gasteiger partial charge in [-0.05, 0) is 66.6 Å². The third-order valence-corrected chi connectivity index (χ3v) is 7.23. The van der Waals surface area contributed by atoms with Crippen molar-refractivity contribution in [2.75, 3.05) is 5.32 Å². The Morgan fingerprint density at radius 3 is 2.19 bits per heavy atom. The van der Waals surface area contributed by atoms with Crippen molar-refractivity contribution in [3.63, 3.8) is 0 Å². The molecular weight excluding hydrogens is 664 g/mol. The molecule has 16 heteroatoms. The summed E-state index contributed by atoms with van der Waals surface area (Å²) < 4.78 is 108. The van der Waals surface area contributed by atoms with Crippen molar-refractivity contribution >= 4 is 34.9 Å². The molecule has 2 N–H and O–H groups in total. The van der Waals surface area contributed by atoms with Crippen LogP contribution in [-0.2, 0) is 30.2 Å². The van der Waals surface area contributed by atoms with E-state index in [0.29, 0.717) is 18.2 Å². The Bertz CT molecular complexity index is 1840. The van der Waals surface area contributed by atoms with E-state index in [1.54, 1.807) is 0 Å². The predicted molar refractivity (Wildman–Crippen MR) is 154 cm³/mol. The van der Waals surface area contributed by atoms with Gasteiger partial charge in [0.1, 0.15) is 28.8 Å². The number of carbonyl (C=O) groups excluding carboxylic acids is 3. The van der Waals surface area contributed by atoms with Crippen LogP contribution in [0.15, 0.2) is 60.8 Å². The monoisotopic (exact) mass is 686 g/mol. The molecule has 2 aromatic carbocycles. The topological polar surface area (TPSA) is 93.1 Å². The maximum absolute atomic E-state index is 14.3. The van der Waals surface area contributed by atoms with Gasteiger partial charge >= 0.3 is 12.4 Å². The largest absolute Gasteiger partial charge is 0.433 e. The number of halogens is 9. The quantitative estimate of drug-likeness (QED) is 0.176. The van der Waals surface area contributed by atoms with Gasteiger partial charge < -0.3 is 15.2 Å². The first kappa shape index (κ1) is 35.1. The first-order chi connectivity index (χ1) is 21.8. The van der Waals surface area contributed by atoms with Gasteiger partial charge in [-0.1, -0.05) is 24.6 Å². The van der Waals surface area contributed by atoms with Crippen molar-refractivity contribution in [1.29, 1.82) is 0 Å². The summed E-state index contributed by atoms with van der Waals surface area (Å²) in [6, 6.07) is 7.49. The Balaban J connectivity index is 1.79. The van der Waals surface area contributed by atoms with Gasteiger partial charge in [-0.15, -0.1) is 0 Å². The molecule has 4 aromatic rings. The van der Waals surface area contributed by atoms with Crippen molar-refractivity contribution in [3.05, 3.63) is 117 Å². The molecule has 0 spiro atoms. The molecule has 0 unspecified atom stereocenters. The van der Waals surface area contributed by atoms with Crippen LogP contribution in [0.4, 0.5) is 40.8 Å². The lowest BCUT2D eigenvalue weighted by Crippen LogP contribution is -2.27. The molecule has 0 aliphatic carbocycles. The highest BCUT2D eigenvalue weighted by Gasteiger charge is 2.34. The fraction of sp³-hybridized carbons (Fsp3) is 0.226. The van der Waals surface area contributed by atoms with Gasteiger partial charge in [-0.3, -0.25) is 19.4 Å². The summed E-state index contributed by atoms with van der Waals surface area (Å²) in [5.41, 5.74) is -3.44. The molecular formula is C31H23ClF8N4O3. The highest BCUT2D eigenvalue weighted by molar-refractivity contribution is 6.31. The number of benzene rings is 2. The van der Waals surface area contributed by atoms with Crippen LogP contribution in [0.25, 0.3) is 0 Å². The first-order valence-corrected chi connectivity index (χ1v) is 13.9. The van der Waals surface area contributed by atoms with Crippen molar-refractivity contribution in [2.24, 2.45) is 0 Å². The van der Waals surface area contributed by atoms with Crippen molar-refractivity contribution in [1.82, 2.24) is 14.9 Å².